The molecule has 2 fully saturated rings. The number of benzene rings is 1. The van der Waals surface area contributed by atoms with Gasteiger partial charge in [0.05, 0.1) is 13.2 Å². The van der Waals surface area contributed by atoms with Crippen molar-refractivity contribution < 1.29 is 33.3 Å². The van der Waals surface area contributed by atoms with Crippen molar-refractivity contribution in [2.24, 2.45) is 0 Å². The van der Waals surface area contributed by atoms with E-state index in [4.69, 9.17) is 14.2 Å². The lowest BCUT2D eigenvalue weighted by molar-refractivity contribution is -0.138. The molecule has 1 aromatic rings. The van der Waals surface area contributed by atoms with Gasteiger partial charge < -0.3 is 29.1 Å². The molecule has 0 aromatic heterocycles. The number of nitrogens with zero attached hydrogens (tertiary/aromatic N) is 3. The van der Waals surface area contributed by atoms with E-state index in [2.05, 4.69) is 4.90 Å². The molecule has 2 aliphatic rings. The molecule has 2 amide bonds. The number of aliphatic hydroxyl groups is 1. The summed E-state index contributed by atoms with van der Waals surface area (Å²) in [6, 6.07) is 5.90. The molecule has 184 valence electrons. The van der Waals surface area contributed by atoms with Crippen LogP contribution < -0.4 is 4.74 Å². The second-order valence-corrected chi connectivity index (χ2v) is 8.61. The van der Waals surface area contributed by atoms with Crippen LogP contribution in [-0.4, -0.2) is 110 Å². The number of carbonyl (C=O) groups is 2. The van der Waals surface area contributed by atoms with Crippen molar-refractivity contribution in [1.82, 2.24) is 14.7 Å². The first-order valence-corrected chi connectivity index (χ1v) is 11.4. The molecule has 3 rings (SSSR count). The zero-order valence-corrected chi connectivity index (χ0v) is 19.4. The lowest BCUT2D eigenvalue weighted by Crippen LogP contribution is -2.55. The van der Waals surface area contributed by atoms with E-state index >= 15 is 0 Å². The van der Waals surface area contributed by atoms with Crippen LogP contribution in [0.15, 0.2) is 24.3 Å². The van der Waals surface area contributed by atoms with Crippen molar-refractivity contribution in [3.8, 4) is 5.75 Å². The molecular formula is C23H34FN3O6. The average Bonchev–Trinajstić information content (AvgIpc) is 2.98. The van der Waals surface area contributed by atoms with Gasteiger partial charge in [-0.15, -0.1) is 0 Å². The molecule has 2 saturated heterocycles. The average molecular weight is 468 g/mol. The minimum atomic E-state index is -1.36. The van der Waals surface area contributed by atoms with Gasteiger partial charge in [0.2, 0.25) is 5.91 Å². The van der Waals surface area contributed by atoms with Crippen LogP contribution in [0.3, 0.4) is 0 Å². The lowest BCUT2D eigenvalue weighted by atomic mass is 9.99. The van der Waals surface area contributed by atoms with Crippen LogP contribution in [0.5, 0.6) is 5.75 Å². The fraction of sp³-hybridized carbons (Fsp3) is 0.652. The van der Waals surface area contributed by atoms with Crippen molar-refractivity contribution in [1.29, 1.82) is 0 Å². The first kappa shape index (κ1) is 25.2. The molecule has 9 nitrogen and oxygen atoms in total. The van der Waals surface area contributed by atoms with Crippen molar-refractivity contribution >= 4 is 12.0 Å². The predicted molar refractivity (Wildman–Crippen MR) is 118 cm³/mol. The third kappa shape index (κ3) is 7.02. The molecule has 0 bridgehead atoms. The molecule has 10 heteroatoms. The molecule has 0 saturated carbocycles. The largest absolute Gasteiger partial charge is 0.490 e. The van der Waals surface area contributed by atoms with Crippen molar-refractivity contribution in [3.05, 3.63) is 30.1 Å². The summed E-state index contributed by atoms with van der Waals surface area (Å²) < 4.78 is 29.4. The predicted octanol–water partition coefficient (Wildman–Crippen LogP) is 1.35. The van der Waals surface area contributed by atoms with Gasteiger partial charge in [-0.25, -0.2) is 9.18 Å². The van der Waals surface area contributed by atoms with Crippen LogP contribution in [0.25, 0.3) is 0 Å². The normalized spacial score (nSPS) is 22.7. The maximum Gasteiger partial charge on any atom is 0.409 e. The molecule has 0 spiro atoms. The number of likely N-dealkylation sites (tertiary alicyclic amines) is 1. The topological polar surface area (TPSA) is 91.8 Å². The van der Waals surface area contributed by atoms with E-state index < -0.39 is 11.4 Å². The van der Waals surface area contributed by atoms with E-state index in [9.17, 15) is 19.1 Å². The van der Waals surface area contributed by atoms with Gasteiger partial charge in [0.1, 0.15) is 30.4 Å². The number of piperidine rings is 1. The minimum absolute atomic E-state index is 0.0707. The van der Waals surface area contributed by atoms with Crippen LogP contribution >= 0.6 is 0 Å². The lowest BCUT2D eigenvalue weighted by Gasteiger charge is -2.40. The molecular weight excluding hydrogens is 433 g/mol. The third-order valence-corrected chi connectivity index (χ3v) is 6.07. The minimum Gasteiger partial charge on any atom is -0.490 e. The van der Waals surface area contributed by atoms with Crippen molar-refractivity contribution in [3.63, 3.8) is 0 Å². The van der Waals surface area contributed by atoms with E-state index in [0.717, 1.165) is 12.8 Å². The summed E-state index contributed by atoms with van der Waals surface area (Å²) in [5, 5.41) is 11.5. The maximum atomic E-state index is 13.5. The van der Waals surface area contributed by atoms with Gasteiger partial charge in [0.25, 0.3) is 0 Å². The number of β-amino-alcohol motifs (C(OH)–C–C–N with tert-alkyl or cyclic N) is 1. The Hall–Kier alpha value is -2.43. The van der Waals surface area contributed by atoms with Crippen molar-refractivity contribution in [2.75, 3.05) is 66.2 Å². The van der Waals surface area contributed by atoms with E-state index in [1.54, 1.807) is 28.9 Å². The smallest absolute Gasteiger partial charge is 0.409 e. The van der Waals surface area contributed by atoms with Crippen LogP contribution in [0.2, 0.25) is 0 Å². The molecule has 0 aliphatic carbocycles. The Labute approximate surface area is 194 Å². The number of halogens is 1. The highest BCUT2D eigenvalue weighted by Gasteiger charge is 2.40. The van der Waals surface area contributed by atoms with E-state index in [0.29, 0.717) is 45.1 Å². The fourth-order valence-corrected chi connectivity index (χ4v) is 4.42. The van der Waals surface area contributed by atoms with Gasteiger partial charge in [-0.3, -0.25) is 9.69 Å². The SMILES string of the molecule is CCOC(=O)N1CCC(N2CCN(C(=O)COC)C[C@@](O)(COc3cccc(F)c3)C2)CC1. The molecule has 0 unspecified atom stereocenters. The molecule has 33 heavy (non-hydrogen) atoms. The standard InChI is InChI=1S/C23H34FN3O6/c1-3-32-22(29)25-9-7-19(8-10-25)26-11-12-27(21(28)14-31-2)16-23(30,15-26)17-33-20-6-4-5-18(24)13-20/h4-6,13,19,30H,3,7-12,14-17H2,1-2H3/t23-/m1/s1. The third-order valence-electron chi connectivity index (χ3n) is 6.07. The highest BCUT2D eigenvalue weighted by atomic mass is 19.1. The number of hydrogen-bond donors (Lipinski definition) is 1. The summed E-state index contributed by atoms with van der Waals surface area (Å²) in [4.78, 5) is 30.0. The monoisotopic (exact) mass is 467 g/mol. The number of carbonyl (C=O) groups excluding carboxylic acids is 2. The Bertz CT molecular complexity index is 804. The Morgan fingerprint density at radius 3 is 2.58 bits per heavy atom. The molecule has 1 atom stereocenters. The highest BCUT2D eigenvalue weighted by Crippen LogP contribution is 2.24. The van der Waals surface area contributed by atoms with Crippen LogP contribution in [0.1, 0.15) is 19.8 Å². The van der Waals surface area contributed by atoms with Crippen LogP contribution in [0, 0.1) is 5.82 Å². The number of ether oxygens (including phenoxy) is 3. The van der Waals surface area contributed by atoms with Gasteiger partial charge in [0.15, 0.2) is 0 Å². The molecule has 2 heterocycles. The zero-order chi connectivity index (χ0) is 23.8. The molecule has 0 radical (unpaired) electrons. The summed E-state index contributed by atoms with van der Waals surface area (Å²) in [5.74, 6) is -0.315. The highest BCUT2D eigenvalue weighted by molar-refractivity contribution is 5.77. The number of amides is 2. The van der Waals surface area contributed by atoms with Gasteiger partial charge in [-0.05, 0) is 31.9 Å². The van der Waals surface area contributed by atoms with Crippen LogP contribution in [0.4, 0.5) is 9.18 Å². The second-order valence-electron chi connectivity index (χ2n) is 8.61. The summed E-state index contributed by atoms with van der Waals surface area (Å²) in [6.07, 6.45) is 1.18. The maximum absolute atomic E-state index is 13.5. The summed E-state index contributed by atoms with van der Waals surface area (Å²) in [6.45, 7) is 4.52. The summed E-state index contributed by atoms with van der Waals surface area (Å²) in [7, 11) is 1.46. The van der Waals surface area contributed by atoms with E-state index in [1.165, 1.54) is 19.2 Å². The van der Waals surface area contributed by atoms with Gasteiger partial charge >= 0.3 is 6.09 Å². The second kappa shape index (κ2) is 11.6. The molecule has 2 aliphatic heterocycles. The fourth-order valence-electron chi connectivity index (χ4n) is 4.42. The Morgan fingerprint density at radius 1 is 1.15 bits per heavy atom. The Balaban J connectivity index is 1.69. The molecule has 1 aromatic carbocycles. The molecule has 1 N–H and O–H groups in total. The quantitative estimate of drug-likeness (QED) is 0.647. The number of methoxy groups -OCH3 is 1. The van der Waals surface area contributed by atoms with Gasteiger partial charge in [0, 0.05) is 51.9 Å². The van der Waals surface area contributed by atoms with E-state index in [-0.39, 0.29) is 37.8 Å². The summed E-state index contributed by atoms with van der Waals surface area (Å²) in [5.41, 5.74) is -1.36. The van der Waals surface area contributed by atoms with Crippen molar-refractivity contribution in [2.45, 2.75) is 31.4 Å². The zero-order valence-electron chi connectivity index (χ0n) is 19.4. The van der Waals surface area contributed by atoms with Gasteiger partial charge in [-0.1, -0.05) is 6.07 Å². The van der Waals surface area contributed by atoms with Gasteiger partial charge in [-0.2, -0.15) is 0 Å². The Morgan fingerprint density at radius 2 is 1.91 bits per heavy atom. The van der Waals surface area contributed by atoms with E-state index in [1.807, 2.05) is 0 Å². The first-order chi connectivity index (χ1) is 15.8. The van der Waals surface area contributed by atoms with Crippen LogP contribution in [-0.2, 0) is 14.3 Å². The number of hydrogen-bond acceptors (Lipinski definition) is 7. The summed E-state index contributed by atoms with van der Waals surface area (Å²) >= 11 is 0. The number of rotatable bonds is 7. The Kier molecular flexibility index (Phi) is 8.87. The first-order valence-electron chi connectivity index (χ1n) is 11.4.